The minimum absolute atomic E-state index is 0.177. The number of carbonyl (C=O) groups excluding carboxylic acids is 1. The van der Waals surface area contributed by atoms with Crippen LogP contribution < -0.4 is 16.4 Å². The Bertz CT molecular complexity index is 871. The molecule has 6 nitrogen and oxygen atoms in total. The summed E-state index contributed by atoms with van der Waals surface area (Å²) < 4.78 is 0. The number of rotatable bonds is 2. The quantitative estimate of drug-likeness (QED) is 0.676. The topological polar surface area (TPSA) is 92.9 Å². The molecule has 4 N–H and O–H groups in total. The van der Waals surface area contributed by atoms with Gasteiger partial charge in [-0.3, -0.25) is 5.32 Å². The maximum atomic E-state index is 12.1. The number of nitrogens with zero attached hydrogens (tertiary/aromatic N) is 2. The van der Waals surface area contributed by atoms with Gasteiger partial charge in [-0.1, -0.05) is 29.8 Å². The standard InChI is InChI=1S/C17H17N5O/c1-10-3-4-12-5-6-14(9-13(12)7-10)20-17(23)22-16-19-11(2)8-15(18)21-16/h3-9H,1-2H3,(H4,18,19,20,21,22,23). The van der Waals surface area contributed by atoms with E-state index in [4.69, 9.17) is 5.73 Å². The van der Waals surface area contributed by atoms with Gasteiger partial charge in [0.05, 0.1) is 0 Å². The largest absolute Gasteiger partial charge is 0.384 e. The molecule has 0 aliphatic heterocycles. The Morgan fingerprint density at radius 1 is 0.957 bits per heavy atom. The molecule has 0 saturated heterocycles. The number of carbonyl (C=O) groups is 1. The van der Waals surface area contributed by atoms with E-state index < -0.39 is 6.03 Å². The van der Waals surface area contributed by atoms with Crippen molar-refractivity contribution in [3.05, 3.63) is 53.7 Å². The molecule has 1 aromatic heterocycles. The molecule has 0 aliphatic carbocycles. The van der Waals surface area contributed by atoms with Crippen LogP contribution in [-0.2, 0) is 0 Å². The van der Waals surface area contributed by atoms with Gasteiger partial charge in [0.2, 0.25) is 5.95 Å². The highest BCUT2D eigenvalue weighted by atomic mass is 16.2. The summed E-state index contributed by atoms with van der Waals surface area (Å²) in [4.78, 5) is 20.2. The average Bonchev–Trinajstić information content (AvgIpc) is 2.45. The molecule has 0 radical (unpaired) electrons. The van der Waals surface area contributed by atoms with Crippen LogP contribution in [0.15, 0.2) is 42.5 Å². The van der Waals surface area contributed by atoms with Crippen molar-refractivity contribution in [2.24, 2.45) is 0 Å². The zero-order chi connectivity index (χ0) is 16.4. The zero-order valence-corrected chi connectivity index (χ0v) is 12.9. The van der Waals surface area contributed by atoms with Crippen LogP contribution in [0.25, 0.3) is 10.8 Å². The maximum absolute atomic E-state index is 12.1. The van der Waals surface area contributed by atoms with Crippen LogP contribution in [0.5, 0.6) is 0 Å². The van der Waals surface area contributed by atoms with Crippen molar-refractivity contribution in [3.8, 4) is 0 Å². The molecule has 0 saturated carbocycles. The van der Waals surface area contributed by atoms with E-state index in [0.29, 0.717) is 17.2 Å². The Morgan fingerprint density at radius 2 is 1.74 bits per heavy atom. The van der Waals surface area contributed by atoms with E-state index in [1.54, 1.807) is 13.0 Å². The molecule has 1 heterocycles. The fourth-order valence-corrected chi connectivity index (χ4v) is 2.36. The van der Waals surface area contributed by atoms with Gasteiger partial charge in [-0.25, -0.2) is 9.78 Å². The second-order valence-corrected chi connectivity index (χ2v) is 5.40. The molecule has 0 unspecified atom stereocenters. The molecule has 0 atom stereocenters. The Morgan fingerprint density at radius 3 is 2.52 bits per heavy atom. The van der Waals surface area contributed by atoms with Crippen molar-refractivity contribution in [1.29, 1.82) is 0 Å². The molecule has 3 aromatic rings. The number of nitrogens with two attached hydrogens (primary N) is 1. The first-order chi connectivity index (χ1) is 11.0. The third-order valence-corrected chi connectivity index (χ3v) is 3.35. The van der Waals surface area contributed by atoms with E-state index in [-0.39, 0.29) is 5.95 Å². The SMILES string of the molecule is Cc1ccc2ccc(NC(=O)Nc3nc(C)cc(N)n3)cc2c1. The molecule has 116 valence electrons. The number of urea groups is 1. The van der Waals surface area contributed by atoms with Gasteiger partial charge in [0, 0.05) is 17.4 Å². The summed E-state index contributed by atoms with van der Waals surface area (Å²) >= 11 is 0. The maximum Gasteiger partial charge on any atom is 0.326 e. The number of nitrogen functional groups attached to an aromatic ring is 1. The Hall–Kier alpha value is -3.15. The molecule has 2 amide bonds. The van der Waals surface area contributed by atoms with Crippen molar-refractivity contribution in [2.45, 2.75) is 13.8 Å². The van der Waals surface area contributed by atoms with E-state index in [0.717, 1.165) is 10.8 Å². The van der Waals surface area contributed by atoms with Crippen LogP contribution >= 0.6 is 0 Å². The summed E-state index contributed by atoms with van der Waals surface area (Å²) in [6.07, 6.45) is 0. The molecule has 3 rings (SSSR count). The van der Waals surface area contributed by atoms with Crippen LogP contribution in [0.1, 0.15) is 11.3 Å². The number of fused-ring (bicyclic) bond motifs is 1. The fourth-order valence-electron chi connectivity index (χ4n) is 2.36. The molecular weight excluding hydrogens is 290 g/mol. The molecular formula is C17H17N5O. The normalized spacial score (nSPS) is 10.5. The lowest BCUT2D eigenvalue weighted by atomic mass is 10.1. The number of amides is 2. The van der Waals surface area contributed by atoms with E-state index in [1.165, 1.54) is 5.56 Å². The van der Waals surface area contributed by atoms with Gasteiger partial charge < -0.3 is 11.1 Å². The minimum Gasteiger partial charge on any atom is -0.384 e. The number of aryl methyl sites for hydroxylation is 2. The average molecular weight is 307 g/mol. The first-order valence-electron chi connectivity index (χ1n) is 7.19. The van der Waals surface area contributed by atoms with E-state index in [9.17, 15) is 4.79 Å². The van der Waals surface area contributed by atoms with E-state index >= 15 is 0 Å². The van der Waals surface area contributed by atoms with Crippen molar-refractivity contribution >= 4 is 34.3 Å². The monoisotopic (exact) mass is 307 g/mol. The third kappa shape index (κ3) is 3.55. The lowest BCUT2D eigenvalue weighted by Gasteiger charge is -2.08. The molecule has 0 fully saturated rings. The highest BCUT2D eigenvalue weighted by Gasteiger charge is 2.07. The van der Waals surface area contributed by atoms with Crippen LogP contribution in [-0.4, -0.2) is 16.0 Å². The minimum atomic E-state index is -0.415. The number of nitrogens with one attached hydrogen (secondary N) is 2. The Kier molecular flexibility index (Phi) is 3.80. The first kappa shape index (κ1) is 14.8. The van der Waals surface area contributed by atoms with Crippen LogP contribution in [0, 0.1) is 13.8 Å². The van der Waals surface area contributed by atoms with Gasteiger partial charge in [-0.05, 0) is 36.8 Å². The van der Waals surface area contributed by atoms with Crippen molar-refractivity contribution in [1.82, 2.24) is 9.97 Å². The summed E-state index contributed by atoms with van der Waals surface area (Å²) in [5.41, 5.74) is 8.19. The second kappa shape index (κ2) is 5.92. The summed E-state index contributed by atoms with van der Waals surface area (Å²) in [5.74, 6) is 0.491. The van der Waals surface area contributed by atoms with Crippen LogP contribution in [0.3, 0.4) is 0 Å². The summed E-state index contributed by atoms with van der Waals surface area (Å²) in [7, 11) is 0. The van der Waals surface area contributed by atoms with Gasteiger partial charge >= 0.3 is 6.03 Å². The number of anilines is 3. The van der Waals surface area contributed by atoms with Crippen LogP contribution in [0.2, 0.25) is 0 Å². The lowest BCUT2D eigenvalue weighted by molar-refractivity contribution is 0.262. The predicted octanol–water partition coefficient (Wildman–Crippen LogP) is 3.47. The van der Waals surface area contributed by atoms with Gasteiger partial charge in [0.25, 0.3) is 0 Å². The van der Waals surface area contributed by atoms with Gasteiger partial charge in [0.1, 0.15) is 5.82 Å². The molecule has 0 aliphatic rings. The van der Waals surface area contributed by atoms with E-state index in [2.05, 4.69) is 38.8 Å². The summed E-state index contributed by atoms with van der Waals surface area (Å²) in [6, 6.07) is 13.1. The predicted molar refractivity (Wildman–Crippen MR) is 92.5 cm³/mol. The van der Waals surface area contributed by atoms with Crippen molar-refractivity contribution in [3.63, 3.8) is 0 Å². The smallest absolute Gasteiger partial charge is 0.326 e. The molecule has 6 heteroatoms. The van der Waals surface area contributed by atoms with Gasteiger partial charge in [-0.2, -0.15) is 4.98 Å². The van der Waals surface area contributed by atoms with E-state index in [1.807, 2.05) is 25.1 Å². The highest BCUT2D eigenvalue weighted by molar-refractivity contribution is 6.00. The lowest BCUT2D eigenvalue weighted by Crippen LogP contribution is -2.21. The van der Waals surface area contributed by atoms with Gasteiger partial charge in [-0.15, -0.1) is 0 Å². The zero-order valence-electron chi connectivity index (χ0n) is 12.9. The van der Waals surface area contributed by atoms with Crippen molar-refractivity contribution in [2.75, 3.05) is 16.4 Å². The Labute approximate surface area is 133 Å². The molecule has 0 bridgehead atoms. The molecule has 0 spiro atoms. The second-order valence-electron chi connectivity index (χ2n) is 5.40. The molecule has 2 aromatic carbocycles. The summed E-state index contributed by atoms with van der Waals surface area (Å²) in [5, 5.41) is 7.54. The van der Waals surface area contributed by atoms with Crippen LogP contribution in [0.4, 0.5) is 22.2 Å². The van der Waals surface area contributed by atoms with Gasteiger partial charge in [0.15, 0.2) is 0 Å². The molecule has 23 heavy (non-hydrogen) atoms. The van der Waals surface area contributed by atoms with Crippen molar-refractivity contribution < 1.29 is 4.79 Å². The number of hydrogen-bond acceptors (Lipinski definition) is 4. The number of hydrogen-bond donors (Lipinski definition) is 3. The Balaban J connectivity index is 1.77. The fraction of sp³-hybridized carbons (Fsp3) is 0.118. The summed E-state index contributed by atoms with van der Waals surface area (Å²) in [6.45, 7) is 3.82. The third-order valence-electron chi connectivity index (χ3n) is 3.35. The highest BCUT2D eigenvalue weighted by Crippen LogP contribution is 2.20. The number of benzene rings is 2. The number of aromatic nitrogens is 2. The first-order valence-corrected chi connectivity index (χ1v) is 7.19.